The topological polar surface area (TPSA) is 56.3 Å². The average molecular weight is 382 g/mol. The van der Waals surface area contributed by atoms with Crippen LogP contribution < -0.4 is 5.73 Å². The Labute approximate surface area is 158 Å². The summed E-state index contributed by atoms with van der Waals surface area (Å²) in [4.78, 5) is 4.87. The van der Waals surface area contributed by atoms with Crippen LogP contribution in [0.15, 0.2) is 24.3 Å². The van der Waals surface area contributed by atoms with Gasteiger partial charge in [-0.1, -0.05) is 12.1 Å². The molecular formula is C16H27Cl3N4. The Morgan fingerprint density at radius 2 is 1.65 bits per heavy atom. The molecule has 0 aromatic heterocycles. The largest absolute Gasteiger partial charge is 0.327 e. The van der Waals surface area contributed by atoms with Gasteiger partial charge >= 0.3 is 0 Å². The van der Waals surface area contributed by atoms with E-state index < -0.39 is 0 Å². The van der Waals surface area contributed by atoms with Crippen LogP contribution in [0.4, 0.5) is 0 Å². The summed E-state index contributed by atoms with van der Waals surface area (Å²) in [5.74, 6) is 0. The molecule has 0 amide bonds. The van der Waals surface area contributed by atoms with Crippen molar-refractivity contribution < 1.29 is 0 Å². The molecule has 0 saturated carbocycles. The van der Waals surface area contributed by atoms with E-state index >= 15 is 0 Å². The molecule has 0 unspecified atom stereocenters. The fourth-order valence-electron chi connectivity index (χ4n) is 2.54. The SMILES string of the molecule is CN1CCN(CC[C@H](N)Cc2ccc(C#N)cc2)CC1.Cl.Cl.Cl. The van der Waals surface area contributed by atoms with Crippen LogP contribution in [0, 0.1) is 11.3 Å². The number of rotatable bonds is 5. The molecule has 7 heteroatoms. The third kappa shape index (κ3) is 8.76. The lowest BCUT2D eigenvalue weighted by atomic mass is 10.0. The van der Waals surface area contributed by atoms with Crippen molar-refractivity contribution in [3.8, 4) is 6.07 Å². The summed E-state index contributed by atoms with van der Waals surface area (Å²) in [5, 5.41) is 8.77. The van der Waals surface area contributed by atoms with Crippen molar-refractivity contribution in [3.05, 3.63) is 35.4 Å². The highest BCUT2D eigenvalue weighted by atomic mass is 35.5. The third-order valence-corrected chi connectivity index (χ3v) is 3.99. The molecule has 1 saturated heterocycles. The molecule has 0 spiro atoms. The van der Waals surface area contributed by atoms with Gasteiger partial charge in [0.1, 0.15) is 0 Å². The zero-order valence-electron chi connectivity index (χ0n) is 13.5. The standard InChI is InChI=1S/C16H24N4.3ClH/c1-19-8-10-20(11-9-19)7-6-16(18)12-14-2-4-15(13-17)5-3-14;;;/h2-5,16H,6-12,18H2,1H3;3*1H/t16-;;;/m0.../s1. The lowest BCUT2D eigenvalue weighted by Gasteiger charge is -2.32. The van der Waals surface area contributed by atoms with Crippen molar-refractivity contribution in [2.75, 3.05) is 39.8 Å². The van der Waals surface area contributed by atoms with Crippen LogP contribution in [0.1, 0.15) is 17.5 Å². The normalized spacial score (nSPS) is 16.2. The van der Waals surface area contributed by atoms with Gasteiger partial charge in [-0.2, -0.15) is 5.26 Å². The monoisotopic (exact) mass is 380 g/mol. The van der Waals surface area contributed by atoms with Gasteiger partial charge in [0.25, 0.3) is 0 Å². The Morgan fingerprint density at radius 1 is 1.09 bits per heavy atom. The van der Waals surface area contributed by atoms with Crippen LogP contribution in [0.5, 0.6) is 0 Å². The minimum atomic E-state index is 0. The Balaban J connectivity index is 0. The molecule has 132 valence electrons. The first-order valence-electron chi connectivity index (χ1n) is 7.33. The van der Waals surface area contributed by atoms with E-state index in [2.05, 4.69) is 22.9 Å². The van der Waals surface area contributed by atoms with Gasteiger partial charge in [0.15, 0.2) is 0 Å². The van der Waals surface area contributed by atoms with Gasteiger partial charge in [0.05, 0.1) is 11.6 Å². The predicted molar refractivity (Wildman–Crippen MR) is 103 cm³/mol. The molecule has 23 heavy (non-hydrogen) atoms. The lowest BCUT2D eigenvalue weighted by Crippen LogP contribution is -2.45. The molecule has 2 N–H and O–H groups in total. The van der Waals surface area contributed by atoms with Crippen LogP contribution in [-0.2, 0) is 6.42 Å². The van der Waals surface area contributed by atoms with E-state index in [4.69, 9.17) is 11.0 Å². The fraction of sp³-hybridized carbons (Fsp3) is 0.562. The first-order chi connectivity index (χ1) is 9.67. The second kappa shape index (κ2) is 12.8. The molecule has 1 aromatic carbocycles. The van der Waals surface area contributed by atoms with Gasteiger partial charge in [-0.25, -0.2) is 0 Å². The van der Waals surface area contributed by atoms with E-state index in [0.717, 1.165) is 45.6 Å². The number of hydrogen-bond donors (Lipinski definition) is 1. The third-order valence-electron chi connectivity index (χ3n) is 3.99. The summed E-state index contributed by atoms with van der Waals surface area (Å²) in [6.07, 6.45) is 1.92. The van der Waals surface area contributed by atoms with E-state index in [1.54, 1.807) is 0 Å². The second-order valence-corrected chi connectivity index (χ2v) is 5.71. The highest BCUT2D eigenvalue weighted by Gasteiger charge is 2.14. The highest BCUT2D eigenvalue weighted by Crippen LogP contribution is 2.08. The van der Waals surface area contributed by atoms with Crippen LogP contribution in [0.25, 0.3) is 0 Å². The zero-order valence-corrected chi connectivity index (χ0v) is 15.9. The molecule has 1 aliphatic heterocycles. The summed E-state index contributed by atoms with van der Waals surface area (Å²) >= 11 is 0. The number of nitriles is 1. The highest BCUT2D eigenvalue weighted by molar-refractivity contribution is 5.86. The minimum absolute atomic E-state index is 0. The van der Waals surface area contributed by atoms with Gasteiger partial charge in [0.2, 0.25) is 0 Å². The summed E-state index contributed by atoms with van der Waals surface area (Å²) in [6, 6.07) is 10.1. The van der Waals surface area contributed by atoms with Gasteiger partial charge in [-0.15, -0.1) is 37.2 Å². The van der Waals surface area contributed by atoms with Gasteiger partial charge in [0, 0.05) is 32.2 Å². The number of nitrogens with zero attached hydrogens (tertiary/aromatic N) is 3. The van der Waals surface area contributed by atoms with Crippen molar-refractivity contribution in [1.29, 1.82) is 5.26 Å². The van der Waals surface area contributed by atoms with Gasteiger partial charge in [-0.3, -0.25) is 0 Å². The summed E-state index contributed by atoms with van der Waals surface area (Å²) < 4.78 is 0. The first kappa shape index (κ1) is 24.7. The average Bonchev–Trinajstić information content (AvgIpc) is 2.47. The summed E-state index contributed by atoms with van der Waals surface area (Å²) in [5.41, 5.74) is 8.14. The van der Waals surface area contributed by atoms with Crippen LogP contribution in [0.3, 0.4) is 0 Å². The first-order valence-corrected chi connectivity index (χ1v) is 7.33. The van der Waals surface area contributed by atoms with E-state index in [1.165, 1.54) is 5.56 Å². The van der Waals surface area contributed by atoms with E-state index in [9.17, 15) is 0 Å². The predicted octanol–water partition coefficient (Wildman–Crippen LogP) is 2.33. The maximum absolute atomic E-state index is 8.77. The molecule has 4 nitrogen and oxygen atoms in total. The lowest BCUT2D eigenvalue weighted by molar-refractivity contribution is 0.150. The van der Waals surface area contributed by atoms with E-state index in [0.29, 0.717) is 5.56 Å². The second-order valence-electron chi connectivity index (χ2n) is 5.71. The van der Waals surface area contributed by atoms with Crippen LogP contribution in [0.2, 0.25) is 0 Å². The quantitative estimate of drug-likeness (QED) is 0.850. The van der Waals surface area contributed by atoms with Crippen molar-refractivity contribution in [2.24, 2.45) is 5.73 Å². The molecule has 1 fully saturated rings. The molecule has 0 aliphatic carbocycles. The molecule has 0 bridgehead atoms. The maximum Gasteiger partial charge on any atom is 0.0991 e. The molecule has 1 heterocycles. The maximum atomic E-state index is 8.77. The Hall–Kier alpha value is -0.540. The molecule has 1 aliphatic rings. The Bertz CT molecular complexity index is 453. The smallest absolute Gasteiger partial charge is 0.0991 e. The van der Waals surface area contributed by atoms with Gasteiger partial charge < -0.3 is 15.5 Å². The molecule has 0 radical (unpaired) electrons. The number of benzene rings is 1. The van der Waals surface area contributed by atoms with Crippen molar-refractivity contribution >= 4 is 37.2 Å². The number of hydrogen-bond acceptors (Lipinski definition) is 4. The molecule has 2 rings (SSSR count). The van der Waals surface area contributed by atoms with Crippen LogP contribution >= 0.6 is 37.2 Å². The molecule has 1 atom stereocenters. The Kier molecular flexibility index (Phi) is 13.8. The number of piperazine rings is 1. The molecular weight excluding hydrogens is 355 g/mol. The minimum Gasteiger partial charge on any atom is -0.327 e. The summed E-state index contributed by atoms with van der Waals surface area (Å²) in [7, 11) is 2.17. The number of likely N-dealkylation sites (N-methyl/N-ethyl adjacent to an activating group) is 1. The van der Waals surface area contributed by atoms with Crippen molar-refractivity contribution in [1.82, 2.24) is 9.80 Å². The summed E-state index contributed by atoms with van der Waals surface area (Å²) in [6.45, 7) is 5.71. The van der Waals surface area contributed by atoms with Gasteiger partial charge in [-0.05, 0) is 44.1 Å². The molecule has 1 aromatic rings. The fourth-order valence-corrected chi connectivity index (χ4v) is 2.54. The number of halogens is 3. The number of nitrogens with two attached hydrogens (primary N) is 1. The van der Waals surface area contributed by atoms with E-state index in [-0.39, 0.29) is 43.3 Å². The van der Waals surface area contributed by atoms with Crippen molar-refractivity contribution in [3.63, 3.8) is 0 Å². The van der Waals surface area contributed by atoms with Crippen molar-refractivity contribution in [2.45, 2.75) is 18.9 Å². The zero-order chi connectivity index (χ0) is 14.4. The van der Waals surface area contributed by atoms with Crippen LogP contribution in [-0.4, -0.2) is 55.6 Å². The van der Waals surface area contributed by atoms with E-state index in [1.807, 2.05) is 24.3 Å². The Morgan fingerprint density at radius 3 is 2.17 bits per heavy atom.